The molecule has 0 aliphatic carbocycles. The first kappa shape index (κ1) is 18.8. The van der Waals surface area contributed by atoms with Crippen LogP contribution in [-0.4, -0.2) is 39.9 Å². The monoisotopic (exact) mass is 412 g/mol. The van der Waals surface area contributed by atoms with Gasteiger partial charge in [0.05, 0.1) is 4.91 Å². The second-order valence-corrected chi connectivity index (χ2v) is 8.08. The summed E-state index contributed by atoms with van der Waals surface area (Å²) in [6.07, 6.45) is 2.42. The molecule has 2 heterocycles. The summed E-state index contributed by atoms with van der Waals surface area (Å²) in [5.74, 6) is -0.653. The second-order valence-electron chi connectivity index (χ2n) is 6.65. The Kier molecular flexibility index (Phi) is 5.24. The molecule has 1 saturated heterocycles. The Hall–Kier alpha value is -2.57. The fourth-order valence-corrected chi connectivity index (χ4v) is 4.25. The van der Waals surface area contributed by atoms with Crippen molar-refractivity contribution in [3.8, 4) is 0 Å². The fraction of sp³-hybridized carbons (Fsp3) is 0.190. The first-order valence-corrected chi connectivity index (χ1v) is 10.1. The molecule has 2 aromatic carbocycles. The molecule has 4 rings (SSSR count). The third kappa shape index (κ3) is 3.84. The highest BCUT2D eigenvalue weighted by atomic mass is 35.5. The molecule has 5 nitrogen and oxygen atoms in total. The first-order chi connectivity index (χ1) is 13.5. The molecule has 2 aromatic rings. The summed E-state index contributed by atoms with van der Waals surface area (Å²) < 4.78 is 0. The minimum atomic E-state index is -0.435. The average Bonchev–Trinajstić information content (AvgIpc) is 2.96. The van der Waals surface area contributed by atoms with Gasteiger partial charge in [-0.1, -0.05) is 48.0 Å². The van der Waals surface area contributed by atoms with Crippen molar-refractivity contribution in [1.29, 1.82) is 0 Å². The largest absolute Gasteiger partial charge is 0.336 e. The Labute approximate surface area is 172 Å². The topological polar surface area (TPSA) is 57.7 Å². The van der Waals surface area contributed by atoms with E-state index in [0.717, 1.165) is 34.2 Å². The van der Waals surface area contributed by atoms with Gasteiger partial charge < -0.3 is 4.90 Å². The molecule has 0 atom stereocenters. The van der Waals surface area contributed by atoms with Crippen molar-refractivity contribution in [2.75, 3.05) is 13.1 Å². The first-order valence-electron chi connectivity index (χ1n) is 8.87. The van der Waals surface area contributed by atoms with E-state index in [1.165, 1.54) is 5.56 Å². The minimum Gasteiger partial charge on any atom is -0.336 e. The van der Waals surface area contributed by atoms with Crippen molar-refractivity contribution >= 4 is 46.5 Å². The van der Waals surface area contributed by atoms with Crippen LogP contribution in [0.2, 0.25) is 5.02 Å². The molecule has 0 bridgehead atoms. The van der Waals surface area contributed by atoms with Crippen molar-refractivity contribution in [2.45, 2.75) is 13.0 Å². The quantitative estimate of drug-likeness (QED) is 0.716. The fourth-order valence-electron chi connectivity index (χ4n) is 3.29. The molecule has 0 unspecified atom stereocenters. The number of halogens is 1. The summed E-state index contributed by atoms with van der Waals surface area (Å²) in [5, 5.41) is 0.176. The maximum absolute atomic E-state index is 12.7. The maximum atomic E-state index is 12.7. The van der Waals surface area contributed by atoms with Gasteiger partial charge in [-0.05, 0) is 53.1 Å². The van der Waals surface area contributed by atoms with Crippen molar-refractivity contribution in [2.24, 2.45) is 0 Å². The van der Waals surface area contributed by atoms with Crippen molar-refractivity contribution in [3.05, 3.63) is 75.1 Å². The Bertz CT molecular complexity index is 987. The molecule has 1 fully saturated rings. The zero-order valence-electron chi connectivity index (χ0n) is 14.9. The number of carbonyl (C=O) groups is 3. The van der Waals surface area contributed by atoms with Gasteiger partial charge in [0.25, 0.3) is 11.1 Å². The third-order valence-corrected chi connectivity index (χ3v) is 5.98. The molecular formula is C21H17ClN2O3S. The van der Waals surface area contributed by atoms with Gasteiger partial charge in [-0.2, -0.15) is 0 Å². The van der Waals surface area contributed by atoms with Crippen LogP contribution in [0.4, 0.5) is 4.79 Å². The molecular weight excluding hydrogens is 396 g/mol. The predicted octanol–water partition coefficient (Wildman–Crippen LogP) is 3.96. The Morgan fingerprint density at radius 1 is 1.07 bits per heavy atom. The summed E-state index contributed by atoms with van der Waals surface area (Å²) in [6, 6.07) is 15.0. The summed E-state index contributed by atoms with van der Waals surface area (Å²) >= 11 is 6.72. The molecule has 3 amide bonds. The Morgan fingerprint density at radius 3 is 2.54 bits per heavy atom. The van der Waals surface area contributed by atoms with Crippen LogP contribution >= 0.6 is 23.4 Å². The normalized spacial score (nSPS) is 18.0. The summed E-state index contributed by atoms with van der Waals surface area (Å²) in [5.41, 5.74) is 3.12. The average molecular weight is 413 g/mol. The lowest BCUT2D eigenvalue weighted by atomic mass is 10.00. The highest BCUT2D eigenvalue weighted by Crippen LogP contribution is 2.32. The molecule has 0 N–H and O–H groups in total. The minimum absolute atomic E-state index is 0.218. The van der Waals surface area contributed by atoms with E-state index in [4.69, 9.17) is 11.6 Å². The number of nitrogens with zero attached hydrogens (tertiary/aromatic N) is 2. The van der Waals surface area contributed by atoms with E-state index in [-0.39, 0.29) is 12.5 Å². The van der Waals surface area contributed by atoms with Gasteiger partial charge in [-0.3, -0.25) is 19.3 Å². The van der Waals surface area contributed by atoms with Gasteiger partial charge in [0.15, 0.2) is 0 Å². The lowest BCUT2D eigenvalue weighted by Gasteiger charge is -2.29. The van der Waals surface area contributed by atoms with E-state index < -0.39 is 11.1 Å². The van der Waals surface area contributed by atoms with Crippen LogP contribution in [0.1, 0.15) is 16.7 Å². The maximum Gasteiger partial charge on any atom is 0.294 e. The second kappa shape index (κ2) is 7.81. The van der Waals surface area contributed by atoms with Crippen LogP contribution in [0.25, 0.3) is 6.08 Å². The molecule has 142 valence electrons. The molecule has 7 heteroatoms. The lowest BCUT2D eigenvalue weighted by Crippen LogP contribution is -2.44. The number of hydrogen-bond donors (Lipinski definition) is 0. The summed E-state index contributed by atoms with van der Waals surface area (Å²) in [4.78, 5) is 40.6. The summed E-state index contributed by atoms with van der Waals surface area (Å²) in [6.45, 7) is 0.864. The molecule has 28 heavy (non-hydrogen) atoms. The van der Waals surface area contributed by atoms with Crippen molar-refractivity contribution in [1.82, 2.24) is 9.80 Å². The van der Waals surface area contributed by atoms with Gasteiger partial charge in [-0.15, -0.1) is 0 Å². The van der Waals surface area contributed by atoms with Crippen LogP contribution < -0.4 is 0 Å². The molecule has 0 radical (unpaired) electrons. The van der Waals surface area contributed by atoms with E-state index in [9.17, 15) is 14.4 Å². The van der Waals surface area contributed by atoms with Crippen LogP contribution in [0, 0.1) is 0 Å². The molecule has 0 saturated carbocycles. The number of hydrogen-bond acceptors (Lipinski definition) is 4. The van der Waals surface area contributed by atoms with Crippen molar-refractivity contribution in [3.63, 3.8) is 0 Å². The molecule has 2 aliphatic rings. The SMILES string of the molecule is O=C(CN1C(=O)S/C(=C\c2ccc(Cl)cc2)C1=O)N1CCc2ccccc2C1. The Balaban J connectivity index is 1.45. The zero-order chi connectivity index (χ0) is 19.7. The highest BCUT2D eigenvalue weighted by Gasteiger charge is 2.37. The zero-order valence-corrected chi connectivity index (χ0v) is 16.5. The van der Waals surface area contributed by atoms with Gasteiger partial charge in [0.2, 0.25) is 5.91 Å². The van der Waals surface area contributed by atoms with Crippen LogP contribution in [0.3, 0.4) is 0 Å². The van der Waals surface area contributed by atoms with E-state index in [1.807, 2.05) is 18.2 Å². The predicted molar refractivity (Wildman–Crippen MR) is 110 cm³/mol. The molecule has 0 spiro atoms. The number of benzene rings is 2. The smallest absolute Gasteiger partial charge is 0.294 e. The van der Waals surface area contributed by atoms with Crippen LogP contribution in [0.15, 0.2) is 53.4 Å². The van der Waals surface area contributed by atoms with E-state index >= 15 is 0 Å². The number of amides is 3. The number of thioether (sulfide) groups is 1. The Morgan fingerprint density at radius 2 is 1.79 bits per heavy atom. The van der Waals surface area contributed by atoms with Crippen molar-refractivity contribution < 1.29 is 14.4 Å². The molecule has 0 aromatic heterocycles. The summed E-state index contributed by atoms with van der Waals surface area (Å²) in [7, 11) is 0. The number of carbonyl (C=O) groups excluding carboxylic acids is 3. The van der Waals surface area contributed by atoms with E-state index in [1.54, 1.807) is 35.2 Å². The number of fused-ring (bicyclic) bond motifs is 1. The number of imide groups is 1. The van der Waals surface area contributed by atoms with Gasteiger partial charge in [0, 0.05) is 18.1 Å². The van der Waals surface area contributed by atoms with Crippen LogP contribution in [0.5, 0.6) is 0 Å². The van der Waals surface area contributed by atoms with E-state index in [2.05, 4.69) is 6.07 Å². The third-order valence-electron chi connectivity index (χ3n) is 4.82. The van der Waals surface area contributed by atoms with Gasteiger partial charge in [-0.25, -0.2) is 0 Å². The van der Waals surface area contributed by atoms with Gasteiger partial charge >= 0.3 is 0 Å². The number of rotatable bonds is 3. The highest BCUT2D eigenvalue weighted by molar-refractivity contribution is 8.18. The van der Waals surface area contributed by atoms with E-state index in [0.29, 0.717) is 23.0 Å². The molecule has 2 aliphatic heterocycles. The van der Waals surface area contributed by atoms with Gasteiger partial charge in [0.1, 0.15) is 6.54 Å². The standard InChI is InChI=1S/C21H17ClN2O3S/c22-17-7-5-14(6-8-17)11-18-20(26)24(21(27)28-18)13-19(25)23-10-9-15-3-1-2-4-16(15)12-23/h1-8,11H,9-10,12-13H2/b18-11-. The lowest BCUT2D eigenvalue weighted by molar-refractivity contribution is -0.136. The van der Waals surface area contributed by atoms with Crippen LogP contribution in [-0.2, 0) is 22.6 Å².